The molecule has 0 aliphatic rings. The molecule has 1 atom stereocenters. The molecule has 0 saturated carbocycles. The third-order valence-electron chi connectivity index (χ3n) is 3.06. The smallest absolute Gasteiger partial charge is 0.126 e. The summed E-state index contributed by atoms with van der Waals surface area (Å²) in [5.41, 5.74) is 1.96. The molecule has 18 heavy (non-hydrogen) atoms. The Bertz CT molecular complexity index is 485. The molecule has 94 valence electrons. The highest BCUT2D eigenvalue weighted by atomic mass is 19.1. The van der Waals surface area contributed by atoms with Crippen LogP contribution >= 0.6 is 0 Å². The monoisotopic (exact) mass is 244 g/mol. The van der Waals surface area contributed by atoms with Crippen LogP contribution in [-0.4, -0.2) is 18.1 Å². The first kappa shape index (κ1) is 12.7. The van der Waals surface area contributed by atoms with Gasteiger partial charge in [0, 0.05) is 18.4 Å². The Kier molecular flexibility index (Phi) is 4.42. The van der Waals surface area contributed by atoms with Crippen molar-refractivity contribution in [1.82, 2.24) is 10.3 Å². The first-order valence-corrected chi connectivity index (χ1v) is 6.09. The van der Waals surface area contributed by atoms with Gasteiger partial charge in [-0.15, -0.1) is 0 Å². The molecule has 0 spiro atoms. The normalized spacial score (nSPS) is 12.3. The zero-order chi connectivity index (χ0) is 12.8. The summed E-state index contributed by atoms with van der Waals surface area (Å²) in [4.78, 5) is 4.00. The molecule has 0 saturated heterocycles. The number of nitrogens with zero attached hydrogens (tertiary/aromatic N) is 1. The zero-order valence-corrected chi connectivity index (χ0v) is 10.4. The van der Waals surface area contributed by atoms with Crippen LogP contribution in [0.4, 0.5) is 4.39 Å². The standard InChI is InChI=1S/C15H17FN2/c1-17-14(10-12-6-8-18-9-7-12)11-13-4-2-3-5-15(13)16/h2-9,14,17H,10-11H2,1H3. The number of hydrogen-bond donors (Lipinski definition) is 1. The van der Waals surface area contributed by atoms with E-state index in [9.17, 15) is 4.39 Å². The average Bonchev–Trinajstić information content (AvgIpc) is 2.41. The summed E-state index contributed by atoms with van der Waals surface area (Å²) in [5.74, 6) is -0.132. The second-order valence-electron chi connectivity index (χ2n) is 4.34. The van der Waals surface area contributed by atoms with E-state index >= 15 is 0 Å². The summed E-state index contributed by atoms with van der Waals surface area (Å²) in [6.07, 6.45) is 5.12. The molecular weight excluding hydrogens is 227 g/mol. The largest absolute Gasteiger partial charge is 0.316 e. The van der Waals surface area contributed by atoms with Crippen LogP contribution in [0.25, 0.3) is 0 Å². The van der Waals surface area contributed by atoms with Gasteiger partial charge in [0.1, 0.15) is 5.82 Å². The predicted octanol–water partition coefficient (Wildman–Crippen LogP) is 2.59. The molecule has 1 aromatic heterocycles. The lowest BCUT2D eigenvalue weighted by Crippen LogP contribution is -2.30. The van der Waals surface area contributed by atoms with Crippen molar-refractivity contribution in [3.63, 3.8) is 0 Å². The minimum absolute atomic E-state index is 0.132. The first-order chi connectivity index (χ1) is 8.79. The van der Waals surface area contributed by atoms with E-state index in [2.05, 4.69) is 10.3 Å². The third-order valence-corrected chi connectivity index (χ3v) is 3.06. The molecule has 0 fully saturated rings. The summed E-state index contributed by atoms with van der Waals surface area (Å²) in [5, 5.41) is 3.24. The van der Waals surface area contributed by atoms with E-state index in [4.69, 9.17) is 0 Å². The van der Waals surface area contributed by atoms with E-state index in [1.807, 2.05) is 31.3 Å². The SMILES string of the molecule is CNC(Cc1ccncc1)Cc1ccccc1F. The Morgan fingerprint density at radius 1 is 1.11 bits per heavy atom. The van der Waals surface area contributed by atoms with E-state index in [0.717, 1.165) is 12.0 Å². The van der Waals surface area contributed by atoms with Gasteiger partial charge in [0.2, 0.25) is 0 Å². The van der Waals surface area contributed by atoms with Crippen LogP contribution in [0.5, 0.6) is 0 Å². The Morgan fingerprint density at radius 2 is 1.83 bits per heavy atom. The van der Waals surface area contributed by atoms with Gasteiger partial charge in [-0.1, -0.05) is 18.2 Å². The summed E-state index contributed by atoms with van der Waals surface area (Å²) in [6.45, 7) is 0. The second kappa shape index (κ2) is 6.26. The number of likely N-dealkylation sites (N-methyl/N-ethyl adjacent to an activating group) is 1. The van der Waals surface area contributed by atoms with Gasteiger partial charge in [-0.2, -0.15) is 0 Å². The molecule has 1 unspecified atom stereocenters. The summed E-state index contributed by atoms with van der Waals surface area (Å²) in [6, 6.07) is 11.1. The summed E-state index contributed by atoms with van der Waals surface area (Å²) < 4.78 is 13.6. The molecule has 0 bridgehead atoms. The van der Waals surface area contributed by atoms with Crippen molar-refractivity contribution in [2.24, 2.45) is 0 Å². The molecule has 0 amide bonds. The van der Waals surface area contributed by atoms with Crippen molar-refractivity contribution >= 4 is 0 Å². The molecule has 1 aromatic carbocycles. The van der Waals surface area contributed by atoms with Crippen molar-refractivity contribution < 1.29 is 4.39 Å². The van der Waals surface area contributed by atoms with Gasteiger partial charge in [-0.3, -0.25) is 4.98 Å². The van der Waals surface area contributed by atoms with Gasteiger partial charge in [0.25, 0.3) is 0 Å². The van der Waals surface area contributed by atoms with E-state index in [1.165, 1.54) is 11.6 Å². The fourth-order valence-electron chi connectivity index (χ4n) is 2.01. The van der Waals surface area contributed by atoms with Crippen LogP contribution in [0.3, 0.4) is 0 Å². The number of pyridine rings is 1. The van der Waals surface area contributed by atoms with Crippen LogP contribution < -0.4 is 5.32 Å². The van der Waals surface area contributed by atoms with Gasteiger partial charge in [-0.05, 0) is 49.2 Å². The minimum Gasteiger partial charge on any atom is -0.316 e. The lowest BCUT2D eigenvalue weighted by molar-refractivity contribution is 0.532. The quantitative estimate of drug-likeness (QED) is 0.874. The molecule has 2 nitrogen and oxygen atoms in total. The van der Waals surface area contributed by atoms with Crippen molar-refractivity contribution in [3.05, 3.63) is 65.7 Å². The number of halogens is 1. The maximum atomic E-state index is 13.6. The third kappa shape index (κ3) is 3.37. The van der Waals surface area contributed by atoms with Crippen LogP contribution in [0.2, 0.25) is 0 Å². The van der Waals surface area contributed by atoms with Gasteiger partial charge in [-0.25, -0.2) is 4.39 Å². The molecule has 1 heterocycles. The van der Waals surface area contributed by atoms with E-state index in [0.29, 0.717) is 6.42 Å². The average molecular weight is 244 g/mol. The topological polar surface area (TPSA) is 24.9 Å². The zero-order valence-electron chi connectivity index (χ0n) is 10.4. The van der Waals surface area contributed by atoms with E-state index in [-0.39, 0.29) is 11.9 Å². The number of rotatable bonds is 5. The fraction of sp³-hybridized carbons (Fsp3) is 0.267. The number of benzene rings is 1. The number of nitrogens with one attached hydrogen (secondary N) is 1. The van der Waals surface area contributed by atoms with Gasteiger partial charge in [0.05, 0.1) is 0 Å². The maximum Gasteiger partial charge on any atom is 0.126 e. The highest BCUT2D eigenvalue weighted by Crippen LogP contribution is 2.11. The van der Waals surface area contributed by atoms with Crippen LogP contribution in [0.1, 0.15) is 11.1 Å². The van der Waals surface area contributed by atoms with Gasteiger partial charge < -0.3 is 5.32 Å². The fourth-order valence-corrected chi connectivity index (χ4v) is 2.01. The molecule has 0 aliphatic heterocycles. The van der Waals surface area contributed by atoms with Crippen molar-refractivity contribution in [2.75, 3.05) is 7.05 Å². The first-order valence-electron chi connectivity index (χ1n) is 6.09. The number of hydrogen-bond acceptors (Lipinski definition) is 2. The Morgan fingerprint density at radius 3 is 2.50 bits per heavy atom. The highest BCUT2D eigenvalue weighted by molar-refractivity contribution is 5.20. The molecule has 0 radical (unpaired) electrons. The van der Waals surface area contributed by atoms with Crippen molar-refractivity contribution in [3.8, 4) is 0 Å². The van der Waals surface area contributed by atoms with Gasteiger partial charge in [0.15, 0.2) is 0 Å². The summed E-state index contributed by atoms with van der Waals surface area (Å²) in [7, 11) is 1.91. The maximum absolute atomic E-state index is 13.6. The summed E-state index contributed by atoms with van der Waals surface area (Å²) >= 11 is 0. The molecular formula is C15H17FN2. The van der Waals surface area contributed by atoms with Crippen molar-refractivity contribution in [2.45, 2.75) is 18.9 Å². The van der Waals surface area contributed by atoms with E-state index in [1.54, 1.807) is 18.5 Å². The predicted molar refractivity (Wildman–Crippen MR) is 70.9 cm³/mol. The molecule has 2 rings (SSSR count). The Balaban J connectivity index is 2.04. The molecule has 0 aliphatic carbocycles. The highest BCUT2D eigenvalue weighted by Gasteiger charge is 2.10. The van der Waals surface area contributed by atoms with E-state index < -0.39 is 0 Å². The van der Waals surface area contributed by atoms with Crippen LogP contribution in [0.15, 0.2) is 48.8 Å². The van der Waals surface area contributed by atoms with Crippen molar-refractivity contribution in [1.29, 1.82) is 0 Å². The lowest BCUT2D eigenvalue weighted by atomic mass is 9.99. The molecule has 3 heteroatoms. The van der Waals surface area contributed by atoms with Crippen LogP contribution in [-0.2, 0) is 12.8 Å². The van der Waals surface area contributed by atoms with Gasteiger partial charge >= 0.3 is 0 Å². The van der Waals surface area contributed by atoms with Crippen LogP contribution in [0, 0.1) is 5.82 Å². The minimum atomic E-state index is -0.132. The second-order valence-corrected chi connectivity index (χ2v) is 4.34. The molecule has 2 aromatic rings. The lowest BCUT2D eigenvalue weighted by Gasteiger charge is -2.16. The Hall–Kier alpha value is -1.74. The molecule has 1 N–H and O–H groups in total. The Labute approximate surface area is 107 Å². The number of aromatic nitrogens is 1.